The molecular formula is C20H18O4. The first-order valence-electron chi connectivity index (χ1n) is 7.32. The van der Waals surface area contributed by atoms with Crippen LogP contribution < -0.4 is 9.47 Å². The molecule has 2 rings (SSSR count). The quantitative estimate of drug-likeness (QED) is 0.444. The Morgan fingerprint density at radius 3 is 1.25 bits per heavy atom. The highest BCUT2D eigenvalue weighted by Gasteiger charge is 2.05. The summed E-state index contributed by atoms with van der Waals surface area (Å²) in [5.74, 6) is 1.45. The summed E-state index contributed by atoms with van der Waals surface area (Å²) in [5.41, 5.74) is 2.23. The maximum Gasteiger partial charge on any atom is 0.150 e. The van der Waals surface area contributed by atoms with E-state index in [4.69, 9.17) is 9.47 Å². The van der Waals surface area contributed by atoms with Gasteiger partial charge in [0.05, 0.1) is 14.2 Å². The van der Waals surface area contributed by atoms with Crippen LogP contribution in [0.3, 0.4) is 0 Å². The average molecular weight is 322 g/mol. The number of benzene rings is 2. The van der Waals surface area contributed by atoms with Crippen molar-refractivity contribution in [3.8, 4) is 11.5 Å². The van der Waals surface area contributed by atoms with Gasteiger partial charge in [-0.2, -0.15) is 0 Å². The fraction of sp³-hybridized carbons (Fsp3) is 0.100. The van der Waals surface area contributed by atoms with Crippen LogP contribution in [-0.4, -0.2) is 26.8 Å². The molecule has 122 valence electrons. The van der Waals surface area contributed by atoms with Crippen LogP contribution in [0.2, 0.25) is 0 Å². The summed E-state index contributed by atoms with van der Waals surface area (Å²) in [6.07, 6.45) is 4.67. The summed E-state index contributed by atoms with van der Waals surface area (Å²) in [4.78, 5) is 22.8. The minimum Gasteiger partial charge on any atom is -0.497 e. The second-order valence-corrected chi connectivity index (χ2v) is 4.98. The number of carbonyl (C=O) groups excluding carboxylic acids is 2. The molecule has 0 radical (unpaired) electrons. The first-order chi connectivity index (χ1) is 11.7. The molecule has 0 saturated heterocycles. The van der Waals surface area contributed by atoms with Gasteiger partial charge in [0.1, 0.15) is 11.5 Å². The molecule has 0 aliphatic rings. The molecular weight excluding hydrogens is 304 g/mol. The van der Waals surface area contributed by atoms with E-state index in [-0.39, 0.29) is 0 Å². The Balaban J connectivity index is 2.33. The van der Waals surface area contributed by atoms with Gasteiger partial charge < -0.3 is 9.47 Å². The maximum atomic E-state index is 11.4. The van der Waals surface area contributed by atoms with Crippen molar-refractivity contribution in [3.63, 3.8) is 0 Å². The first kappa shape index (κ1) is 17.2. The Kier molecular flexibility index (Phi) is 6.08. The molecule has 0 fully saturated rings. The SMILES string of the molecule is COc1ccc(/C=C(C=O)/C(C=O)=C/c2ccc(OC)cc2)cc1. The zero-order chi connectivity index (χ0) is 17.4. The van der Waals surface area contributed by atoms with Crippen LogP contribution in [0.1, 0.15) is 11.1 Å². The smallest absolute Gasteiger partial charge is 0.150 e. The molecule has 0 N–H and O–H groups in total. The van der Waals surface area contributed by atoms with E-state index in [2.05, 4.69) is 0 Å². The highest BCUT2D eigenvalue weighted by Crippen LogP contribution is 2.19. The lowest BCUT2D eigenvalue weighted by molar-refractivity contribution is -0.107. The van der Waals surface area contributed by atoms with Crippen LogP contribution in [0.15, 0.2) is 59.7 Å². The highest BCUT2D eigenvalue weighted by molar-refractivity contribution is 6.02. The van der Waals surface area contributed by atoms with E-state index in [1.807, 2.05) is 24.3 Å². The molecule has 0 saturated carbocycles. The lowest BCUT2D eigenvalue weighted by Gasteiger charge is -2.03. The van der Waals surface area contributed by atoms with Gasteiger partial charge in [-0.05, 0) is 47.5 Å². The first-order valence-corrected chi connectivity index (χ1v) is 7.32. The van der Waals surface area contributed by atoms with Gasteiger partial charge in [0, 0.05) is 11.1 Å². The summed E-state index contributed by atoms with van der Waals surface area (Å²) >= 11 is 0. The third-order valence-electron chi connectivity index (χ3n) is 3.46. The van der Waals surface area contributed by atoms with E-state index in [1.54, 1.807) is 50.6 Å². The van der Waals surface area contributed by atoms with E-state index in [9.17, 15) is 9.59 Å². The number of hydrogen-bond acceptors (Lipinski definition) is 4. The fourth-order valence-corrected chi connectivity index (χ4v) is 2.13. The third kappa shape index (κ3) is 4.43. The van der Waals surface area contributed by atoms with E-state index in [1.165, 1.54) is 0 Å². The summed E-state index contributed by atoms with van der Waals surface area (Å²) < 4.78 is 10.2. The van der Waals surface area contributed by atoms with Crippen LogP contribution in [0.5, 0.6) is 11.5 Å². The maximum absolute atomic E-state index is 11.4. The molecule has 0 heterocycles. The molecule has 0 bridgehead atoms. The van der Waals surface area contributed by atoms with Crippen molar-refractivity contribution in [2.75, 3.05) is 14.2 Å². The molecule has 4 nitrogen and oxygen atoms in total. The van der Waals surface area contributed by atoms with Crippen molar-refractivity contribution in [1.29, 1.82) is 0 Å². The van der Waals surface area contributed by atoms with E-state index in [0.29, 0.717) is 23.7 Å². The molecule has 0 aromatic heterocycles. The van der Waals surface area contributed by atoms with Gasteiger partial charge in [-0.3, -0.25) is 9.59 Å². The number of allylic oxidation sites excluding steroid dienone is 2. The predicted octanol–water partition coefficient (Wildman–Crippen LogP) is 3.57. The van der Waals surface area contributed by atoms with E-state index >= 15 is 0 Å². The molecule has 0 amide bonds. The minimum atomic E-state index is 0.311. The Hall–Kier alpha value is -3.14. The van der Waals surface area contributed by atoms with Gasteiger partial charge in [-0.25, -0.2) is 0 Å². The molecule has 0 spiro atoms. The van der Waals surface area contributed by atoms with Gasteiger partial charge in [0.2, 0.25) is 0 Å². The topological polar surface area (TPSA) is 52.6 Å². The van der Waals surface area contributed by atoms with Crippen LogP contribution >= 0.6 is 0 Å². The Morgan fingerprint density at radius 1 is 0.667 bits per heavy atom. The van der Waals surface area contributed by atoms with Crippen molar-refractivity contribution in [1.82, 2.24) is 0 Å². The summed E-state index contributed by atoms with van der Waals surface area (Å²) in [6, 6.07) is 14.4. The highest BCUT2D eigenvalue weighted by atomic mass is 16.5. The van der Waals surface area contributed by atoms with Crippen molar-refractivity contribution < 1.29 is 19.1 Å². The summed E-state index contributed by atoms with van der Waals surface area (Å²) in [5, 5.41) is 0. The second-order valence-electron chi connectivity index (χ2n) is 4.98. The van der Waals surface area contributed by atoms with Crippen molar-refractivity contribution in [2.24, 2.45) is 0 Å². The summed E-state index contributed by atoms with van der Waals surface area (Å²) in [7, 11) is 3.17. The summed E-state index contributed by atoms with van der Waals surface area (Å²) in [6.45, 7) is 0. The van der Waals surface area contributed by atoms with Crippen LogP contribution in [0.4, 0.5) is 0 Å². The zero-order valence-electron chi connectivity index (χ0n) is 13.6. The molecule has 24 heavy (non-hydrogen) atoms. The van der Waals surface area contributed by atoms with Crippen LogP contribution in [0.25, 0.3) is 12.2 Å². The van der Waals surface area contributed by atoms with Crippen LogP contribution in [0, 0.1) is 0 Å². The molecule has 2 aromatic carbocycles. The standard InChI is InChI=1S/C20H18O4/c1-23-19-7-3-15(4-8-19)11-17(13-21)18(14-22)12-16-5-9-20(24-2)10-6-16/h3-14H,1-2H3/b17-11+,18-12+. The number of ether oxygens (including phenoxy) is 2. The van der Waals surface area contributed by atoms with Gasteiger partial charge in [-0.1, -0.05) is 24.3 Å². The van der Waals surface area contributed by atoms with Crippen molar-refractivity contribution >= 4 is 24.7 Å². The van der Waals surface area contributed by atoms with E-state index < -0.39 is 0 Å². The lowest BCUT2D eigenvalue weighted by atomic mass is 10.0. The number of hydrogen-bond donors (Lipinski definition) is 0. The number of aldehydes is 2. The second kappa shape index (κ2) is 8.48. The van der Waals surface area contributed by atoms with Crippen molar-refractivity contribution in [3.05, 3.63) is 70.8 Å². The lowest BCUT2D eigenvalue weighted by Crippen LogP contribution is -1.94. The van der Waals surface area contributed by atoms with E-state index in [0.717, 1.165) is 22.6 Å². The Bertz CT molecular complexity index is 686. The Labute approximate surface area is 141 Å². The molecule has 4 heteroatoms. The molecule has 2 aromatic rings. The number of carbonyl (C=O) groups is 2. The van der Waals surface area contributed by atoms with Gasteiger partial charge in [0.25, 0.3) is 0 Å². The van der Waals surface area contributed by atoms with Gasteiger partial charge >= 0.3 is 0 Å². The average Bonchev–Trinajstić information content (AvgIpc) is 2.65. The largest absolute Gasteiger partial charge is 0.497 e. The number of methoxy groups -OCH3 is 2. The minimum absolute atomic E-state index is 0.311. The molecule has 0 atom stereocenters. The Morgan fingerprint density at radius 2 is 1.00 bits per heavy atom. The zero-order valence-corrected chi connectivity index (χ0v) is 13.6. The molecule has 0 unspecified atom stereocenters. The van der Waals surface area contributed by atoms with Gasteiger partial charge in [0.15, 0.2) is 12.6 Å². The third-order valence-corrected chi connectivity index (χ3v) is 3.46. The monoisotopic (exact) mass is 322 g/mol. The predicted molar refractivity (Wildman–Crippen MR) is 94.1 cm³/mol. The van der Waals surface area contributed by atoms with Crippen LogP contribution in [-0.2, 0) is 9.59 Å². The molecule has 0 aliphatic carbocycles. The number of rotatable bonds is 7. The molecule has 0 aliphatic heterocycles. The fourth-order valence-electron chi connectivity index (χ4n) is 2.13. The van der Waals surface area contributed by atoms with Crippen molar-refractivity contribution in [2.45, 2.75) is 0 Å². The normalized spacial score (nSPS) is 11.8. The van der Waals surface area contributed by atoms with Gasteiger partial charge in [-0.15, -0.1) is 0 Å².